The van der Waals surface area contributed by atoms with Crippen LogP contribution < -0.4 is 4.74 Å². The van der Waals surface area contributed by atoms with Gasteiger partial charge >= 0.3 is 11.9 Å². The predicted octanol–water partition coefficient (Wildman–Crippen LogP) is 5.95. The van der Waals surface area contributed by atoms with E-state index in [2.05, 4.69) is 21.5 Å². The van der Waals surface area contributed by atoms with Crippen LogP contribution >= 0.6 is 0 Å². The molecule has 0 amide bonds. The summed E-state index contributed by atoms with van der Waals surface area (Å²) in [5.74, 6) is 0.0581. The molecule has 0 heterocycles. The van der Waals surface area contributed by atoms with Gasteiger partial charge in [-0.2, -0.15) is 10.2 Å². The molecule has 0 unspecified atom stereocenters. The number of hydrogen-bond acceptors (Lipinski definition) is 7. The first-order valence-corrected chi connectivity index (χ1v) is 10.1. The van der Waals surface area contributed by atoms with Crippen LogP contribution in [-0.2, 0) is 14.3 Å². The van der Waals surface area contributed by atoms with Crippen molar-refractivity contribution in [1.82, 2.24) is 0 Å². The van der Waals surface area contributed by atoms with E-state index in [1.165, 1.54) is 7.11 Å². The van der Waals surface area contributed by atoms with Crippen molar-refractivity contribution in [2.45, 2.75) is 32.6 Å². The molecule has 164 valence electrons. The first-order valence-electron chi connectivity index (χ1n) is 10.1. The number of unbranched alkanes of at least 4 members (excludes halogenated alkanes) is 3. The number of esters is 2. The average Bonchev–Trinajstić information content (AvgIpc) is 2.79. The summed E-state index contributed by atoms with van der Waals surface area (Å²) in [5, 5.41) is 8.35. The summed E-state index contributed by atoms with van der Waals surface area (Å²) in [4.78, 5) is 22.7. The molecule has 2 aromatic rings. The number of azo groups is 1. The van der Waals surface area contributed by atoms with Crippen LogP contribution in [0.3, 0.4) is 0 Å². The number of rotatable bonds is 12. The van der Waals surface area contributed by atoms with Gasteiger partial charge in [0.25, 0.3) is 0 Å². The Morgan fingerprint density at radius 2 is 1.39 bits per heavy atom. The first-order chi connectivity index (χ1) is 15.0. The molecular weight excluding hydrogens is 396 g/mol. The lowest BCUT2D eigenvalue weighted by Gasteiger charge is -2.07. The van der Waals surface area contributed by atoms with Crippen molar-refractivity contribution in [3.63, 3.8) is 0 Å². The number of carbonyl (C=O) groups excluding carboxylic acids is 2. The molecule has 0 aliphatic rings. The van der Waals surface area contributed by atoms with Gasteiger partial charge in [0.1, 0.15) is 5.75 Å². The van der Waals surface area contributed by atoms with Crippen molar-refractivity contribution in [2.75, 3.05) is 20.3 Å². The molecule has 0 aliphatic heterocycles. The summed E-state index contributed by atoms with van der Waals surface area (Å²) < 4.78 is 15.5. The highest BCUT2D eigenvalue weighted by molar-refractivity contribution is 5.89. The topological polar surface area (TPSA) is 86.5 Å². The number of benzene rings is 2. The second-order valence-electron chi connectivity index (χ2n) is 6.91. The van der Waals surface area contributed by atoms with E-state index in [1.807, 2.05) is 24.3 Å². The second-order valence-corrected chi connectivity index (χ2v) is 6.91. The van der Waals surface area contributed by atoms with Crippen molar-refractivity contribution in [3.8, 4) is 5.75 Å². The van der Waals surface area contributed by atoms with Gasteiger partial charge in [-0.1, -0.05) is 6.58 Å². The van der Waals surface area contributed by atoms with Crippen molar-refractivity contribution >= 4 is 23.3 Å². The van der Waals surface area contributed by atoms with Crippen molar-refractivity contribution in [3.05, 3.63) is 66.2 Å². The van der Waals surface area contributed by atoms with E-state index in [0.717, 1.165) is 31.4 Å². The van der Waals surface area contributed by atoms with Crippen LogP contribution in [0.1, 0.15) is 43.0 Å². The molecular formula is C24H28N2O5. The summed E-state index contributed by atoms with van der Waals surface area (Å²) in [5.41, 5.74) is 2.24. The molecule has 0 spiro atoms. The fourth-order valence-corrected chi connectivity index (χ4v) is 2.54. The Morgan fingerprint density at radius 3 is 1.94 bits per heavy atom. The third-order valence-electron chi connectivity index (χ3n) is 4.30. The van der Waals surface area contributed by atoms with Crippen molar-refractivity contribution in [2.24, 2.45) is 10.2 Å². The SMILES string of the molecule is C=C(C)C(=O)OCCCCCCOc1ccc(N=Nc2ccc(C(=O)OC)cc2)cc1. The van der Waals surface area contributed by atoms with Crippen molar-refractivity contribution < 1.29 is 23.8 Å². The Morgan fingerprint density at radius 1 is 0.839 bits per heavy atom. The minimum Gasteiger partial charge on any atom is -0.494 e. The minimum atomic E-state index is -0.386. The van der Waals surface area contributed by atoms with Gasteiger partial charge in [-0.05, 0) is 81.1 Å². The molecule has 0 atom stereocenters. The maximum atomic E-state index is 11.4. The Labute approximate surface area is 182 Å². The largest absolute Gasteiger partial charge is 0.494 e. The van der Waals surface area contributed by atoms with Gasteiger partial charge in [0.15, 0.2) is 0 Å². The fraction of sp³-hybridized carbons (Fsp3) is 0.333. The van der Waals surface area contributed by atoms with Crippen LogP contribution in [0.25, 0.3) is 0 Å². The lowest BCUT2D eigenvalue weighted by atomic mass is 10.2. The summed E-state index contributed by atoms with van der Waals surface area (Å²) in [6, 6.07) is 14.1. The molecule has 2 aromatic carbocycles. The molecule has 0 aromatic heterocycles. The van der Waals surface area contributed by atoms with Gasteiger partial charge in [0.2, 0.25) is 0 Å². The van der Waals surface area contributed by atoms with E-state index in [1.54, 1.807) is 31.2 Å². The highest BCUT2D eigenvalue weighted by Crippen LogP contribution is 2.22. The molecule has 7 nitrogen and oxygen atoms in total. The lowest BCUT2D eigenvalue weighted by Crippen LogP contribution is -2.06. The van der Waals surface area contributed by atoms with E-state index in [-0.39, 0.29) is 11.9 Å². The predicted molar refractivity (Wildman–Crippen MR) is 118 cm³/mol. The maximum Gasteiger partial charge on any atom is 0.337 e. The Balaban J connectivity index is 1.65. The van der Waals surface area contributed by atoms with Gasteiger partial charge < -0.3 is 14.2 Å². The molecule has 0 aliphatic carbocycles. The van der Waals surface area contributed by atoms with Gasteiger partial charge in [-0.3, -0.25) is 0 Å². The quantitative estimate of drug-likeness (QED) is 0.182. The van der Waals surface area contributed by atoms with Crippen molar-refractivity contribution in [1.29, 1.82) is 0 Å². The zero-order valence-corrected chi connectivity index (χ0v) is 18.0. The van der Waals surface area contributed by atoms with Crippen LogP contribution in [0.15, 0.2) is 70.9 Å². The number of carbonyl (C=O) groups is 2. The average molecular weight is 424 g/mol. The molecule has 7 heteroatoms. The molecule has 0 fully saturated rings. The highest BCUT2D eigenvalue weighted by atomic mass is 16.5. The van der Waals surface area contributed by atoms with Gasteiger partial charge in [-0.15, -0.1) is 0 Å². The fourth-order valence-electron chi connectivity index (χ4n) is 2.54. The summed E-state index contributed by atoms with van der Waals surface area (Å²) in [6.45, 7) is 6.24. The van der Waals surface area contributed by atoms with Gasteiger partial charge in [-0.25, -0.2) is 9.59 Å². The Hall–Kier alpha value is -3.48. The van der Waals surface area contributed by atoms with E-state index >= 15 is 0 Å². The summed E-state index contributed by atoms with van der Waals surface area (Å²) in [6.07, 6.45) is 3.75. The first kappa shape index (κ1) is 23.8. The van der Waals surface area contributed by atoms with Crippen LogP contribution in [0.2, 0.25) is 0 Å². The monoisotopic (exact) mass is 424 g/mol. The van der Waals surface area contributed by atoms with E-state index in [4.69, 9.17) is 9.47 Å². The summed E-state index contributed by atoms with van der Waals surface area (Å²) in [7, 11) is 1.34. The zero-order valence-electron chi connectivity index (χ0n) is 18.0. The van der Waals surface area contributed by atoms with Crippen LogP contribution in [-0.4, -0.2) is 32.3 Å². The number of methoxy groups -OCH3 is 1. The lowest BCUT2D eigenvalue weighted by molar-refractivity contribution is -0.139. The van der Waals surface area contributed by atoms with E-state index in [0.29, 0.717) is 35.7 Å². The maximum absolute atomic E-state index is 11.4. The minimum absolute atomic E-state index is 0.331. The van der Waals surface area contributed by atoms with Crippen LogP contribution in [0.4, 0.5) is 11.4 Å². The Bertz CT molecular complexity index is 889. The van der Waals surface area contributed by atoms with Gasteiger partial charge in [0.05, 0.1) is 37.3 Å². The molecule has 0 saturated carbocycles. The molecule has 0 saturated heterocycles. The number of nitrogens with zero attached hydrogens (tertiary/aromatic N) is 2. The molecule has 0 bridgehead atoms. The smallest absolute Gasteiger partial charge is 0.337 e. The zero-order chi connectivity index (χ0) is 22.5. The molecule has 0 N–H and O–H groups in total. The molecule has 2 rings (SSSR count). The molecule has 31 heavy (non-hydrogen) atoms. The normalized spacial score (nSPS) is 10.6. The standard InChI is InChI=1S/C24H28N2O5/c1-18(2)23(27)31-17-7-5-4-6-16-30-22-14-12-21(13-15-22)26-25-20-10-8-19(9-11-20)24(28)29-3/h8-15H,1,4-7,16-17H2,2-3H3. The second kappa shape index (κ2) is 13.0. The van der Waals surface area contributed by atoms with Crippen LogP contribution in [0.5, 0.6) is 5.75 Å². The van der Waals surface area contributed by atoms with E-state index < -0.39 is 0 Å². The number of ether oxygens (including phenoxy) is 3. The van der Waals surface area contributed by atoms with Gasteiger partial charge in [0, 0.05) is 5.57 Å². The third-order valence-corrected chi connectivity index (χ3v) is 4.30. The number of hydrogen-bond donors (Lipinski definition) is 0. The van der Waals surface area contributed by atoms with Crippen LogP contribution in [0, 0.1) is 0 Å². The highest BCUT2D eigenvalue weighted by Gasteiger charge is 2.04. The molecule has 0 radical (unpaired) electrons. The third kappa shape index (κ3) is 8.82. The van der Waals surface area contributed by atoms with E-state index in [9.17, 15) is 9.59 Å². The Kier molecular flexibility index (Phi) is 9.94. The summed E-state index contributed by atoms with van der Waals surface area (Å²) >= 11 is 0.